The minimum absolute atomic E-state index is 0.103. The highest BCUT2D eigenvalue weighted by molar-refractivity contribution is 7.89. The molecule has 1 aromatic heterocycles. The number of thiophene rings is 1. The third-order valence-corrected chi connectivity index (χ3v) is 8.51. The average Bonchev–Trinajstić information content (AvgIpc) is 3.23. The molecule has 0 saturated heterocycles. The molecule has 1 amide bonds. The summed E-state index contributed by atoms with van der Waals surface area (Å²) in [4.78, 5) is 16.4. The van der Waals surface area contributed by atoms with Crippen molar-refractivity contribution < 1.29 is 17.9 Å². The number of nitrogens with zero attached hydrogens (tertiary/aromatic N) is 2. The molecular formula is C25H29ClN2O4S2. The van der Waals surface area contributed by atoms with Crippen molar-refractivity contribution in [2.75, 3.05) is 26.8 Å². The number of hydrogen-bond donors (Lipinski definition) is 0. The highest BCUT2D eigenvalue weighted by Gasteiger charge is 2.28. The Kier molecular flexibility index (Phi) is 9.67. The molecule has 9 heteroatoms. The lowest BCUT2D eigenvalue weighted by Gasteiger charge is -2.27. The third kappa shape index (κ3) is 7.13. The summed E-state index contributed by atoms with van der Waals surface area (Å²) >= 11 is 7.53. The molecule has 0 N–H and O–H groups in total. The molecule has 0 radical (unpaired) electrons. The standard InChI is InChI=1S/C25H29ClN2O4S2/c1-20-13-16-33-24(20)18-27(17-21-7-4-3-5-8-21)25(29)19-28(14-6-15-32-2)34(30,31)23-11-9-22(26)10-12-23/h3-5,7-13,16H,6,14-15,17-19H2,1-2H3. The van der Waals surface area contributed by atoms with E-state index in [0.29, 0.717) is 31.1 Å². The van der Waals surface area contributed by atoms with Crippen LogP contribution >= 0.6 is 22.9 Å². The maximum atomic E-state index is 13.5. The topological polar surface area (TPSA) is 66.9 Å². The van der Waals surface area contributed by atoms with Gasteiger partial charge in [-0.05, 0) is 60.2 Å². The van der Waals surface area contributed by atoms with Crippen LogP contribution in [0.15, 0.2) is 70.9 Å². The van der Waals surface area contributed by atoms with Crippen LogP contribution in [0.4, 0.5) is 0 Å². The van der Waals surface area contributed by atoms with Gasteiger partial charge in [0.1, 0.15) is 0 Å². The molecule has 0 aliphatic heterocycles. The summed E-state index contributed by atoms with van der Waals surface area (Å²) in [6.45, 7) is 3.13. The lowest BCUT2D eigenvalue weighted by Crippen LogP contribution is -2.43. The van der Waals surface area contributed by atoms with Crippen LogP contribution in [0.1, 0.15) is 22.4 Å². The zero-order chi connectivity index (χ0) is 24.6. The number of carbonyl (C=O) groups excluding carboxylic acids is 1. The number of methoxy groups -OCH3 is 1. The van der Waals surface area contributed by atoms with Gasteiger partial charge in [-0.3, -0.25) is 4.79 Å². The van der Waals surface area contributed by atoms with Crippen molar-refractivity contribution >= 4 is 38.9 Å². The van der Waals surface area contributed by atoms with Crippen LogP contribution in [0.3, 0.4) is 0 Å². The van der Waals surface area contributed by atoms with Crippen LogP contribution in [-0.2, 0) is 32.6 Å². The second-order valence-corrected chi connectivity index (χ2v) is 11.3. The first-order chi connectivity index (χ1) is 16.3. The summed E-state index contributed by atoms with van der Waals surface area (Å²) in [5.41, 5.74) is 2.10. The first-order valence-electron chi connectivity index (χ1n) is 10.9. The molecule has 0 saturated carbocycles. The molecule has 2 aromatic carbocycles. The normalized spacial score (nSPS) is 11.6. The molecule has 0 aliphatic rings. The van der Waals surface area contributed by atoms with Crippen LogP contribution < -0.4 is 0 Å². The maximum Gasteiger partial charge on any atom is 0.243 e. The zero-order valence-corrected chi connectivity index (χ0v) is 21.7. The molecule has 0 unspecified atom stereocenters. The van der Waals surface area contributed by atoms with E-state index in [9.17, 15) is 13.2 Å². The van der Waals surface area contributed by atoms with Crippen LogP contribution in [0.5, 0.6) is 0 Å². The molecule has 0 fully saturated rings. The summed E-state index contributed by atoms with van der Waals surface area (Å²) in [5.74, 6) is -0.258. The lowest BCUT2D eigenvalue weighted by atomic mass is 10.2. The van der Waals surface area contributed by atoms with Gasteiger partial charge in [-0.25, -0.2) is 8.42 Å². The van der Waals surface area contributed by atoms with Crippen LogP contribution in [0.2, 0.25) is 5.02 Å². The second kappa shape index (κ2) is 12.5. The fraction of sp³-hybridized carbons (Fsp3) is 0.320. The van der Waals surface area contributed by atoms with Crippen molar-refractivity contribution in [2.24, 2.45) is 0 Å². The average molecular weight is 521 g/mol. The van der Waals surface area contributed by atoms with Gasteiger partial charge in [-0.1, -0.05) is 41.9 Å². The van der Waals surface area contributed by atoms with Crippen molar-refractivity contribution in [2.45, 2.75) is 31.3 Å². The number of ether oxygens (including phenoxy) is 1. The van der Waals surface area contributed by atoms with Crippen LogP contribution in [0.25, 0.3) is 0 Å². The van der Waals surface area contributed by atoms with Crippen molar-refractivity contribution in [3.05, 3.63) is 87.1 Å². The summed E-state index contributed by atoms with van der Waals surface area (Å²) in [7, 11) is -2.33. The highest BCUT2D eigenvalue weighted by atomic mass is 35.5. The van der Waals surface area contributed by atoms with E-state index in [4.69, 9.17) is 16.3 Å². The van der Waals surface area contributed by atoms with E-state index in [0.717, 1.165) is 16.0 Å². The molecule has 6 nitrogen and oxygen atoms in total. The van der Waals surface area contributed by atoms with Crippen LogP contribution in [-0.4, -0.2) is 50.3 Å². The van der Waals surface area contributed by atoms with Crippen molar-refractivity contribution in [3.63, 3.8) is 0 Å². The lowest BCUT2D eigenvalue weighted by molar-refractivity contribution is -0.132. The number of amides is 1. The molecule has 1 heterocycles. The Hall–Kier alpha value is -2.23. The SMILES string of the molecule is COCCCN(CC(=O)N(Cc1ccccc1)Cc1sccc1C)S(=O)(=O)c1ccc(Cl)cc1. The Morgan fingerprint density at radius 1 is 1.03 bits per heavy atom. The van der Waals surface area contributed by atoms with E-state index in [1.807, 2.05) is 48.7 Å². The Morgan fingerprint density at radius 2 is 1.74 bits per heavy atom. The van der Waals surface area contributed by atoms with E-state index in [-0.39, 0.29) is 23.9 Å². The monoisotopic (exact) mass is 520 g/mol. The smallest absolute Gasteiger partial charge is 0.243 e. The number of carbonyl (C=O) groups is 1. The Bertz CT molecular complexity index is 1170. The van der Waals surface area contributed by atoms with E-state index < -0.39 is 10.0 Å². The molecule has 0 bridgehead atoms. The molecule has 182 valence electrons. The van der Waals surface area contributed by atoms with Gasteiger partial charge in [0.05, 0.1) is 18.0 Å². The van der Waals surface area contributed by atoms with Gasteiger partial charge in [-0.2, -0.15) is 4.31 Å². The zero-order valence-electron chi connectivity index (χ0n) is 19.3. The van der Waals surface area contributed by atoms with E-state index in [1.54, 1.807) is 23.3 Å². The molecule has 34 heavy (non-hydrogen) atoms. The van der Waals surface area contributed by atoms with Gasteiger partial charge in [0.2, 0.25) is 15.9 Å². The van der Waals surface area contributed by atoms with Gasteiger partial charge in [0, 0.05) is 36.7 Å². The number of benzene rings is 2. The largest absolute Gasteiger partial charge is 0.385 e. The minimum atomic E-state index is -3.90. The van der Waals surface area contributed by atoms with Gasteiger partial charge in [0.25, 0.3) is 0 Å². The Balaban J connectivity index is 1.86. The molecule has 0 aliphatic carbocycles. The maximum absolute atomic E-state index is 13.5. The minimum Gasteiger partial charge on any atom is -0.385 e. The van der Waals surface area contributed by atoms with E-state index in [1.165, 1.54) is 28.6 Å². The van der Waals surface area contributed by atoms with Crippen molar-refractivity contribution in [1.82, 2.24) is 9.21 Å². The first-order valence-corrected chi connectivity index (χ1v) is 13.6. The van der Waals surface area contributed by atoms with Crippen LogP contribution in [0, 0.1) is 6.92 Å². The summed E-state index contributed by atoms with van der Waals surface area (Å²) < 4.78 is 33.1. The summed E-state index contributed by atoms with van der Waals surface area (Å²) in [6.07, 6.45) is 0.472. The predicted molar refractivity (Wildman–Crippen MR) is 136 cm³/mol. The molecule has 0 spiro atoms. The van der Waals surface area contributed by atoms with E-state index in [2.05, 4.69) is 0 Å². The third-order valence-electron chi connectivity index (χ3n) is 5.39. The summed E-state index contributed by atoms with van der Waals surface area (Å²) in [6, 6.07) is 17.7. The van der Waals surface area contributed by atoms with Gasteiger partial charge in [0.15, 0.2) is 0 Å². The van der Waals surface area contributed by atoms with Gasteiger partial charge < -0.3 is 9.64 Å². The van der Waals surface area contributed by atoms with E-state index >= 15 is 0 Å². The second-order valence-electron chi connectivity index (χ2n) is 7.90. The molecule has 3 rings (SSSR count). The quantitative estimate of drug-likeness (QED) is 0.316. The molecule has 3 aromatic rings. The number of hydrogen-bond acceptors (Lipinski definition) is 5. The predicted octanol–water partition coefficient (Wildman–Crippen LogP) is 4.97. The number of sulfonamides is 1. The highest BCUT2D eigenvalue weighted by Crippen LogP contribution is 2.22. The summed E-state index contributed by atoms with van der Waals surface area (Å²) in [5, 5.41) is 2.44. The molecular weight excluding hydrogens is 492 g/mol. The van der Waals surface area contributed by atoms with Gasteiger partial charge >= 0.3 is 0 Å². The fourth-order valence-corrected chi connectivity index (χ4v) is 5.93. The fourth-order valence-electron chi connectivity index (χ4n) is 3.45. The number of rotatable bonds is 12. The van der Waals surface area contributed by atoms with Crippen molar-refractivity contribution in [1.29, 1.82) is 0 Å². The number of halogens is 1. The molecule has 0 atom stereocenters. The Morgan fingerprint density at radius 3 is 2.35 bits per heavy atom. The Labute approximate surface area is 210 Å². The van der Waals surface area contributed by atoms with Crippen molar-refractivity contribution in [3.8, 4) is 0 Å². The number of aryl methyl sites for hydroxylation is 1. The first kappa shape index (κ1) is 26.4. The van der Waals surface area contributed by atoms with Gasteiger partial charge in [-0.15, -0.1) is 11.3 Å².